The highest BCUT2D eigenvalue weighted by Crippen LogP contribution is 2.25. The highest BCUT2D eigenvalue weighted by atomic mass is 16.5. The molecule has 1 rings (SSSR count). The van der Waals surface area contributed by atoms with Crippen LogP contribution in [-0.4, -0.2) is 7.11 Å². The van der Waals surface area contributed by atoms with Crippen molar-refractivity contribution in [3.63, 3.8) is 0 Å². The lowest BCUT2D eigenvalue weighted by Gasteiger charge is -2.01. The Morgan fingerprint density at radius 3 is 2.70 bits per heavy atom. The van der Waals surface area contributed by atoms with Crippen molar-refractivity contribution >= 4 is 5.69 Å². The van der Waals surface area contributed by atoms with Crippen LogP contribution in [0.25, 0.3) is 0 Å². The first-order valence-electron chi connectivity index (χ1n) is 2.84. The summed E-state index contributed by atoms with van der Waals surface area (Å²) in [6.45, 7) is 0. The zero-order valence-electron chi connectivity index (χ0n) is 5.63. The Labute approximate surface area is 59.0 Å². The van der Waals surface area contributed by atoms with E-state index in [0.29, 0.717) is 11.4 Å². The van der Waals surface area contributed by atoms with Crippen LogP contribution in [0.3, 0.4) is 0 Å². The lowest BCUT2D eigenvalue weighted by molar-refractivity contribution is 0.349. The van der Waals surface area contributed by atoms with Gasteiger partial charge in [0.2, 0.25) is 0 Å². The third-order valence-electron chi connectivity index (χ3n) is 1.20. The van der Waals surface area contributed by atoms with Gasteiger partial charge in [0.05, 0.1) is 12.8 Å². The number of ether oxygens (including phenoxy) is 1. The molecule has 53 valence electrons. The standard InChI is InChI=1S/C7H8NO2/c1-10-7-4-5(9)2-3-6(7)8/h2-4H,8H2,1H3. The van der Waals surface area contributed by atoms with Crippen molar-refractivity contribution in [3.8, 4) is 11.5 Å². The van der Waals surface area contributed by atoms with E-state index in [-0.39, 0.29) is 5.75 Å². The van der Waals surface area contributed by atoms with E-state index in [1.54, 1.807) is 0 Å². The first-order valence-corrected chi connectivity index (χ1v) is 2.84. The van der Waals surface area contributed by atoms with Gasteiger partial charge < -0.3 is 10.5 Å². The minimum absolute atomic E-state index is 0.0916. The molecule has 0 heterocycles. The molecule has 0 unspecified atom stereocenters. The molecule has 1 radical (unpaired) electrons. The van der Waals surface area contributed by atoms with Crippen LogP contribution in [0.15, 0.2) is 18.2 Å². The zero-order valence-corrected chi connectivity index (χ0v) is 5.63. The van der Waals surface area contributed by atoms with Gasteiger partial charge in [0.15, 0.2) is 5.75 Å². The van der Waals surface area contributed by atoms with Gasteiger partial charge in [-0.2, -0.15) is 0 Å². The lowest BCUT2D eigenvalue weighted by atomic mass is 10.3. The highest BCUT2D eigenvalue weighted by Gasteiger charge is 1.99. The predicted octanol–water partition coefficient (Wildman–Crippen LogP) is 1.42. The molecule has 0 aliphatic heterocycles. The van der Waals surface area contributed by atoms with E-state index in [0.717, 1.165) is 0 Å². The molecule has 0 spiro atoms. The lowest BCUT2D eigenvalue weighted by Crippen LogP contribution is -1.90. The topological polar surface area (TPSA) is 55.1 Å². The maximum Gasteiger partial charge on any atom is 0.182 e. The fourth-order valence-corrected chi connectivity index (χ4v) is 0.691. The summed E-state index contributed by atoms with van der Waals surface area (Å²) in [7, 11) is 1.48. The quantitative estimate of drug-likeness (QED) is 0.596. The Morgan fingerprint density at radius 1 is 1.50 bits per heavy atom. The van der Waals surface area contributed by atoms with Crippen LogP contribution in [0.1, 0.15) is 0 Å². The molecule has 0 aliphatic rings. The van der Waals surface area contributed by atoms with Crippen LogP contribution in [0.4, 0.5) is 5.69 Å². The predicted molar refractivity (Wildman–Crippen MR) is 37.5 cm³/mol. The molecule has 0 amide bonds. The normalized spacial score (nSPS) is 9.30. The van der Waals surface area contributed by atoms with Gasteiger partial charge in [0.1, 0.15) is 5.75 Å². The van der Waals surface area contributed by atoms with E-state index in [4.69, 9.17) is 10.5 Å². The first-order chi connectivity index (χ1) is 4.74. The summed E-state index contributed by atoms with van der Waals surface area (Å²) in [5.41, 5.74) is 5.92. The molecule has 3 nitrogen and oxygen atoms in total. The fourth-order valence-electron chi connectivity index (χ4n) is 0.691. The minimum atomic E-state index is -0.0916. The summed E-state index contributed by atoms with van der Waals surface area (Å²) in [5.74, 6) is 0.346. The summed E-state index contributed by atoms with van der Waals surface area (Å²) >= 11 is 0. The van der Waals surface area contributed by atoms with Crippen molar-refractivity contribution in [1.29, 1.82) is 0 Å². The molecule has 0 atom stereocenters. The first kappa shape index (κ1) is 6.74. The molecule has 1 aromatic carbocycles. The summed E-state index contributed by atoms with van der Waals surface area (Å²) in [4.78, 5) is 0. The second-order valence-electron chi connectivity index (χ2n) is 1.90. The largest absolute Gasteiger partial charge is 0.494 e. The Kier molecular flexibility index (Phi) is 1.67. The maximum absolute atomic E-state index is 10.7. The van der Waals surface area contributed by atoms with Crippen molar-refractivity contribution in [2.45, 2.75) is 0 Å². The third-order valence-corrected chi connectivity index (χ3v) is 1.20. The molecule has 0 bridgehead atoms. The van der Waals surface area contributed by atoms with Crippen molar-refractivity contribution in [2.75, 3.05) is 12.8 Å². The highest BCUT2D eigenvalue weighted by molar-refractivity contribution is 5.55. The minimum Gasteiger partial charge on any atom is -0.494 e. The van der Waals surface area contributed by atoms with Crippen molar-refractivity contribution in [1.82, 2.24) is 0 Å². The fraction of sp³-hybridized carbons (Fsp3) is 0.143. The van der Waals surface area contributed by atoms with Crippen molar-refractivity contribution in [3.05, 3.63) is 18.2 Å². The smallest absolute Gasteiger partial charge is 0.182 e. The molecule has 0 saturated heterocycles. The van der Waals surface area contributed by atoms with Crippen LogP contribution in [0.5, 0.6) is 11.5 Å². The molecule has 0 aromatic heterocycles. The number of hydrogen-bond acceptors (Lipinski definition) is 2. The van der Waals surface area contributed by atoms with E-state index < -0.39 is 0 Å². The van der Waals surface area contributed by atoms with E-state index >= 15 is 0 Å². The molecular weight excluding hydrogens is 130 g/mol. The number of nitrogen functional groups attached to an aromatic ring is 1. The summed E-state index contributed by atoms with van der Waals surface area (Å²) < 4.78 is 4.80. The van der Waals surface area contributed by atoms with E-state index in [1.165, 1.54) is 25.3 Å². The number of nitrogens with two attached hydrogens (primary N) is 1. The Morgan fingerprint density at radius 2 is 2.20 bits per heavy atom. The van der Waals surface area contributed by atoms with Gasteiger partial charge in [0.25, 0.3) is 0 Å². The summed E-state index contributed by atoms with van der Waals surface area (Å²) in [6.07, 6.45) is 0. The van der Waals surface area contributed by atoms with Gasteiger partial charge in [-0.05, 0) is 12.1 Å². The number of anilines is 1. The number of methoxy groups -OCH3 is 1. The molecule has 0 saturated carbocycles. The second kappa shape index (κ2) is 2.47. The molecule has 1 aromatic rings. The molecule has 0 fully saturated rings. The van der Waals surface area contributed by atoms with Crippen LogP contribution in [0.2, 0.25) is 0 Å². The number of benzene rings is 1. The molecular formula is C7H8NO2. The van der Waals surface area contributed by atoms with Gasteiger partial charge in [-0.1, -0.05) is 0 Å². The third kappa shape index (κ3) is 1.13. The van der Waals surface area contributed by atoms with E-state index in [1.807, 2.05) is 0 Å². The monoisotopic (exact) mass is 138 g/mol. The van der Waals surface area contributed by atoms with Crippen LogP contribution < -0.4 is 10.5 Å². The van der Waals surface area contributed by atoms with E-state index in [9.17, 15) is 5.11 Å². The van der Waals surface area contributed by atoms with E-state index in [2.05, 4.69) is 0 Å². The maximum atomic E-state index is 10.7. The van der Waals surface area contributed by atoms with Gasteiger partial charge in [-0.25, -0.2) is 0 Å². The number of hydrogen-bond donors (Lipinski definition) is 1. The van der Waals surface area contributed by atoms with Crippen LogP contribution in [0, 0.1) is 0 Å². The molecule has 3 heteroatoms. The zero-order chi connectivity index (χ0) is 7.56. The SMILES string of the molecule is COc1cc([O])ccc1N. The van der Waals surface area contributed by atoms with Crippen LogP contribution >= 0.6 is 0 Å². The molecule has 2 N–H and O–H groups in total. The average molecular weight is 138 g/mol. The van der Waals surface area contributed by atoms with Gasteiger partial charge in [-0.15, -0.1) is 0 Å². The van der Waals surface area contributed by atoms with Crippen molar-refractivity contribution < 1.29 is 9.84 Å². The number of rotatable bonds is 1. The Balaban J connectivity index is 3.09. The summed E-state index contributed by atoms with van der Waals surface area (Å²) in [5, 5.41) is 10.7. The molecule has 0 aliphatic carbocycles. The van der Waals surface area contributed by atoms with Crippen molar-refractivity contribution in [2.24, 2.45) is 0 Å². The Hall–Kier alpha value is -1.38. The average Bonchev–Trinajstić information content (AvgIpc) is 1.94. The second-order valence-corrected chi connectivity index (χ2v) is 1.90. The van der Waals surface area contributed by atoms with Gasteiger partial charge >= 0.3 is 0 Å². The Bertz CT molecular complexity index is 235. The summed E-state index contributed by atoms with van der Waals surface area (Å²) in [6, 6.07) is 4.29. The van der Waals surface area contributed by atoms with Gasteiger partial charge in [0, 0.05) is 6.07 Å². The van der Waals surface area contributed by atoms with Gasteiger partial charge in [-0.3, -0.25) is 5.11 Å². The molecule has 10 heavy (non-hydrogen) atoms. The van der Waals surface area contributed by atoms with Crippen LogP contribution in [-0.2, 0) is 5.11 Å².